The highest BCUT2D eigenvalue weighted by molar-refractivity contribution is 5.84. The fourth-order valence-electron chi connectivity index (χ4n) is 2.59. The molecule has 0 heterocycles. The van der Waals surface area contributed by atoms with Crippen LogP contribution in [0.2, 0.25) is 0 Å². The summed E-state index contributed by atoms with van der Waals surface area (Å²) >= 11 is 0. The summed E-state index contributed by atoms with van der Waals surface area (Å²) in [4.78, 5) is 23.2. The second kappa shape index (κ2) is 6.89. The molecule has 5 heteroatoms. The van der Waals surface area contributed by atoms with Gasteiger partial charge in [-0.15, -0.1) is 0 Å². The van der Waals surface area contributed by atoms with Gasteiger partial charge >= 0.3 is 5.97 Å². The molecule has 5 nitrogen and oxygen atoms in total. The fourth-order valence-corrected chi connectivity index (χ4v) is 2.59. The number of methoxy groups -OCH3 is 1. The van der Waals surface area contributed by atoms with Gasteiger partial charge in [0.05, 0.1) is 5.92 Å². The van der Waals surface area contributed by atoms with E-state index in [0.29, 0.717) is 19.4 Å². The van der Waals surface area contributed by atoms with Crippen molar-refractivity contribution in [3.63, 3.8) is 0 Å². The van der Waals surface area contributed by atoms with E-state index in [9.17, 15) is 14.7 Å². The number of hydrogen-bond acceptors (Lipinski definition) is 3. The predicted octanol–water partition coefficient (Wildman–Crippen LogP) is 1.81. The maximum atomic E-state index is 12.1. The van der Waals surface area contributed by atoms with Crippen molar-refractivity contribution in [2.75, 3.05) is 13.7 Å². The van der Waals surface area contributed by atoms with Crippen LogP contribution in [-0.4, -0.2) is 36.2 Å². The Labute approximate surface area is 114 Å². The van der Waals surface area contributed by atoms with Crippen LogP contribution in [0.1, 0.15) is 46.0 Å². The van der Waals surface area contributed by atoms with Gasteiger partial charge in [-0.3, -0.25) is 9.59 Å². The largest absolute Gasteiger partial charge is 0.481 e. The van der Waals surface area contributed by atoms with E-state index in [-0.39, 0.29) is 17.7 Å². The topological polar surface area (TPSA) is 75.6 Å². The third-order valence-electron chi connectivity index (χ3n) is 4.36. The third kappa shape index (κ3) is 3.93. The SMILES string of the molecule is CCC(C)(OC)C(=O)NCC1CCCCC1C(=O)O. The number of amides is 1. The van der Waals surface area contributed by atoms with Gasteiger partial charge in [-0.05, 0) is 32.1 Å². The molecule has 0 spiro atoms. The highest BCUT2D eigenvalue weighted by atomic mass is 16.5. The van der Waals surface area contributed by atoms with Gasteiger partial charge < -0.3 is 15.2 Å². The Balaban J connectivity index is 2.55. The number of rotatable bonds is 6. The first-order valence-electron chi connectivity index (χ1n) is 7.01. The molecule has 0 aliphatic heterocycles. The maximum Gasteiger partial charge on any atom is 0.306 e. The zero-order chi connectivity index (χ0) is 14.5. The van der Waals surface area contributed by atoms with Gasteiger partial charge in [-0.2, -0.15) is 0 Å². The smallest absolute Gasteiger partial charge is 0.306 e. The minimum Gasteiger partial charge on any atom is -0.481 e. The molecule has 1 aliphatic rings. The second-order valence-corrected chi connectivity index (χ2v) is 5.49. The number of hydrogen-bond donors (Lipinski definition) is 2. The lowest BCUT2D eigenvalue weighted by Crippen LogP contribution is -2.48. The molecule has 1 saturated carbocycles. The van der Waals surface area contributed by atoms with Crippen LogP contribution in [0.4, 0.5) is 0 Å². The Morgan fingerprint density at radius 2 is 2.00 bits per heavy atom. The van der Waals surface area contributed by atoms with Gasteiger partial charge in [-0.25, -0.2) is 0 Å². The molecule has 0 saturated heterocycles. The van der Waals surface area contributed by atoms with E-state index >= 15 is 0 Å². The van der Waals surface area contributed by atoms with Crippen LogP contribution in [0, 0.1) is 11.8 Å². The molecule has 0 bridgehead atoms. The molecule has 0 radical (unpaired) electrons. The molecule has 0 aromatic heterocycles. The third-order valence-corrected chi connectivity index (χ3v) is 4.36. The van der Waals surface area contributed by atoms with E-state index in [4.69, 9.17) is 4.74 Å². The quantitative estimate of drug-likeness (QED) is 0.772. The van der Waals surface area contributed by atoms with Crippen molar-refractivity contribution >= 4 is 11.9 Å². The number of ether oxygens (including phenoxy) is 1. The van der Waals surface area contributed by atoms with Crippen molar-refractivity contribution in [2.45, 2.75) is 51.6 Å². The van der Waals surface area contributed by atoms with Crippen LogP contribution in [0.3, 0.4) is 0 Å². The number of carboxylic acid groups (broad SMARTS) is 1. The first-order chi connectivity index (χ1) is 8.94. The molecule has 1 fully saturated rings. The summed E-state index contributed by atoms with van der Waals surface area (Å²) in [5, 5.41) is 12.0. The van der Waals surface area contributed by atoms with Gasteiger partial charge in [0.25, 0.3) is 5.91 Å². The Morgan fingerprint density at radius 1 is 1.37 bits per heavy atom. The Kier molecular flexibility index (Phi) is 5.79. The highest BCUT2D eigenvalue weighted by Crippen LogP contribution is 2.30. The molecule has 110 valence electrons. The lowest BCUT2D eigenvalue weighted by Gasteiger charge is -2.31. The van der Waals surface area contributed by atoms with E-state index in [1.165, 1.54) is 7.11 Å². The van der Waals surface area contributed by atoms with Crippen molar-refractivity contribution in [2.24, 2.45) is 11.8 Å². The van der Waals surface area contributed by atoms with E-state index in [2.05, 4.69) is 5.32 Å². The Hall–Kier alpha value is -1.10. The number of carbonyl (C=O) groups excluding carboxylic acids is 1. The lowest BCUT2D eigenvalue weighted by atomic mass is 9.79. The number of nitrogens with one attached hydrogen (secondary N) is 1. The lowest BCUT2D eigenvalue weighted by molar-refractivity contribution is -0.146. The van der Waals surface area contributed by atoms with Gasteiger partial charge in [0.2, 0.25) is 0 Å². The van der Waals surface area contributed by atoms with Gasteiger partial charge in [0.15, 0.2) is 0 Å². The van der Waals surface area contributed by atoms with Crippen molar-refractivity contribution in [1.29, 1.82) is 0 Å². The first kappa shape index (κ1) is 16.0. The zero-order valence-corrected chi connectivity index (χ0v) is 12.1. The summed E-state index contributed by atoms with van der Waals surface area (Å²) in [6.45, 7) is 4.07. The average Bonchev–Trinajstić information content (AvgIpc) is 2.43. The number of carboxylic acids is 1. The summed E-state index contributed by atoms with van der Waals surface area (Å²) in [7, 11) is 1.52. The number of aliphatic carboxylic acids is 1. The second-order valence-electron chi connectivity index (χ2n) is 5.49. The van der Waals surface area contributed by atoms with Crippen LogP contribution in [0.15, 0.2) is 0 Å². The van der Waals surface area contributed by atoms with E-state index in [1.54, 1.807) is 6.92 Å². The van der Waals surface area contributed by atoms with Gasteiger partial charge in [0, 0.05) is 13.7 Å². The molecule has 0 aromatic carbocycles. The van der Waals surface area contributed by atoms with Crippen molar-refractivity contribution in [1.82, 2.24) is 5.32 Å². The Morgan fingerprint density at radius 3 is 2.53 bits per heavy atom. The Bertz CT molecular complexity index is 325. The van der Waals surface area contributed by atoms with E-state index < -0.39 is 11.6 Å². The summed E-state index contributed by atoms with van der Waals surface area (Å²) in [5.41, 5.74) is -0.826. The molecular formula is C14H25NO4. The average molecular weight is 271 g/mol. The van der Waals surface area contributed by atoms with Crippen LogP contribution >= 0.6 is 0 Å². The molecule has 19 heavy (non-hydrogen) atoms. The fraction of sp³-hybridized carbons (Fsp3) is 0.857. The normalized spacial score (nSPS) is 26.5. The molecule has 0 aromatic rings. The first-order valence-corrected chi connectivity index (χ1v) is 7.01. The number of carbonyl (C=O) groups is 2. The summed E-state index contributed by atoms with van der Waals surface area (Å²) in [6, 6.07) is 0. The minimum absolute atomic E-state index is 0.0353. The van der Waals surface area contributed by atoms with Crippen LogP contribution in [0.25, 0.3) is 0 Å². The van der Waals surface area contributed by atoms with Crippen LogP contribution < -0.4 is 5.32 Å². The van der Waals surface area contributed by atoms with Gasteiger partial charge in [-0.1, -0.05) is 19.8 Å². The van der Waals surface area contributed by atoms with E-state index in [1.807, 2.05) is 6.92 Å². The maximum absolute atomic E-state index is 12.1. The minimum atomic E-state index is -0.826. The van der Waals surface area contributed by atoms with Crippen molar-refractivity contribution in [3.8, 4) is 0 Å². The molecule has 3 unspecified atom stereocenters. The summed E-state index contributed by atoms with van der Waals surface area (Å²) in [5.74, 6) is -1.20. The molecule has 1 rings (SSSR count). The summed E-state index contributed by atoms with van der Waals surface area (Å²) in [6.07, 6.45) is 4.17. The monoisotopic (exact) mass is 271 g/mol. The zero-order valence-electron chi connectivity index (χ0n) is 12.1. The molecular weight excluding hydrogens is 246 g/mol. The molecule has 1 aliphatic carbocycles. The molecule has 2 N–H and O–H groups in total. The standard InChI is InChI=1S/C14H25NO4/c1-4-14(2,19-3)13(18)15-9-10-7-5-6-8-11(10)12(16)17/h10-11H,4-9H2,1-3H3,(H,15,18)(H,16,17). The summed E-state index contributed by atoms with van der Waals surface area (Å²) < 4.78 is 5.23. The van der Waals surface area contributed by atoms with Crippen LogP contribution in [0.5, 0.6) is 0 Å². The van der Waals surface area contributed by atoms with E-state index in [0.717, 1.165) is 19.3 Å². The van der Waals surface area contributed by atoms with Gasteiger partial charge in [0.1, 0.15) is 5.60 Å². The van der Waals surface area contributed by atoms with Crippen molar-refractivity contribution in [3.05, 3.63) is 0 Å². The highest BCUT2D eigenvalue weighted by Gasteiger charge is 2.34. The molecule has 3 atom stereocenters. The van der Waals surface area contributed by atoms with Crippen molar-refractivity contribution < 1.29 is 19.4 Å². The molecule has 1 amide bonds. The van der Waals surface area contributed by atoms with Crippen LogP contribution in [-0.2, 0) is 14.3 Å². The predicted molar refractivity (Wildman–Crippen MR) is 71.8 cm³/mol.